The molecule has 0 atom stereocenters. The monoisotopic (exact) mass is 528 g/mol. The van der Waals surface area contributed by atoms with Crippen LogP contribution in [0.15, 0.2) is 133 Å². The molecular formula is C32H26Cl2Ti-2. The molecule has 6 rings (SSSR count). The van der Waals surface area contributed by atoms with Gasteiger partial charge in [0, 0.05) is 0 Å². The Morgan fingerprint density at radius 2 is 0.886 bits per heavy atom. The minimum absolute atomic E-state index is 1.29. The summed E-state index contributed by atoms with van der Waals surface area (Å²) in [5.41, 5.74) is 5.18. The van der Waals surface area contributed by atoms with Crippen molar-refractivity contribution in [2.75, 3.05) is 0 Å². The van der Waals surface area contributed by atoms with Gasteiger partial charge in [0.1, 0.15) is 0 Å². The first-order valence-corrected chi connectivity index (χ1v) is 16.7. The van der Waals surface area contributed by atoms with Crippen molar-refractivity contribution in [3.63, 3.8) is 0 Å². The molecular weight excluding hydrogens is 503 g/mol. The number of hydrogen-bond donors (Lipinski definition) is 0. The van der Waals surface area contributed by atoms with Crippen molar-refractivity contribution < 1.29 is 15.3 Å². The molecule has 0 unspecified atom stereocenters. The molecule has 0 saturated carbocycles. The van der Waals surface area contributed by atoms with Gasteiger partial charge in [-0.3, -0.25) is 0 Å². The van der Waals surface area contributed by atoms with E-state index in [1.807, 2.05) is 23.4 Å². The molecule has 0 saturated heterocycles. The van der Waals surface area contributed by atoms with E-state index >= 15 is 0 Å². The van der Waals surface area contributed by atoms with Crippen LogP contribution in [-0.4, -0.2) is 4.31 Å². The van der Waals surface area contributed by atoms with Crippen molar-refractivity contribution in [3.8, 4) is 22.3 Å². The van der Waals surface area contributed by atoms with Crippen molar-refractivity contribution in [2.45, 2.75) is 6.92 Å². The maximum absolute atomic E-state index is 5.34. The summed E-state index contributed by atoms with van der Waals surface area (Å²) in [7, 11) is 10.7. The molecule has 0 N–H and O–H groups in total. The van der Waals surface area contributed by atoms with Gasteiger partial charge in [-0.2, -0.15) is 0 Å². The third-order valence-electron chi connectivity index (χ3n) is 5.67. The second kappa shape index (κ2) is 12.8. The average Bonchev–Trinajstić information content (AvgIpc) is 3.55. The predicted octanol–water partition coefficient (Wildman–Crippen LogP) is 10.2. The van der Waals surface area contributed by atoms with E-state index in [0.29, 0.717) is 0 Å². The standard InChI is InChI=1S/2C15H11.C2H4.2ClH.Ti/c2*1-2-6-12(7-3-1)15-10-13-8-4-5-9-14(13)11-15;1-2;;;/h2*1-11H;1H,2H3;2*1H;/q2*-1;;;;+2/p-2. The van der Waals surface area contributed by atoms with Crippen molar-refractivity contribution in [1.82, 2.24) is 0 Å². The van der Waals surface area contributed by atoms with Crippen LogP contribution < -0.4 is 0 Å². The minimum Gasteiger partial charge on any atom is -0.145 e. The third-order valence-corrected chi connectivity index (χ3v) is 8.15. The molecule has 0 radical (unpaired) electrons. The van der Waals surface area contributed by atoms with Crippen LogP contribution in [0.5, 0.6) is 0 Å². The molecule has 0 fully saturated rings. The van der Waals surface area contributed by atoms with Crippen LogP contribution in [0.25, 0.3) is 43.8 Å². The van der Waals surface area contributed by atoms with E-state index in [-0.39, 0.29) is 0 Å². The molecule has 0 aliphatic rings. The average molecular weight is 529 g/mol. The van der Waals surface area contributed by atoms with Crippen LogP contribution in [0.3, 0.4) is 0 Å². The van der Waals surface area contributed by atoms with E-state index in [2.05, 4.69) is 121 Å². The summed E-state index contributed by atoms with van der Waals surface area (Å²) in [5.74, 6) is 0. The molecule has 174 valence electrons. The van der Waals surface area contributed by atoms with E-state index in [1.54, 1.807) is 0 Å². The Labute approximate surface area is 221 Å². The maximum Gasteiger partial charge on any atom is -0.0635 e. The normalized spacial score (nSPS) is 10.1. The predicted molar refractivity (Wildman–Crippen MR) is 153 cm³/mol. The fourth-order valence-corrected chi connectivity index (χ4v) is 3.90. The Bertz CT molecular complexity index is 1330. The Kier molecular flexibility index (Phi) is 9.29. The number of halogens is 2. The van der Waals surface area contributed by atoms with Crippen LogP contribution in [0.2, 0.25) is 0 Å². The van der Waals surface area contributed by atoms with E-state index in [1.165, 1.54) is 43.8 Å². The van der Waals surface area contributed by atoms with Crippen molar-refractivity contribution in [3.05, 3.63) is 133 Å². The summed E-state index contributed by atoms with van der Waals surface area (Å²) < 4.78 is 1.86. The molecule has 0 nitrogen and oxygen atoms in total. The molecule has 6 aromatic rings. The summed E-state index contributed by atoms with van der Waals surface area (Å²) in [5, 5.41) is 5.26. The largest absolute Gasteiger partial charge is 0.145 e. The molecule has 0 bridgehead atoms. The summed E-state index contributed by atoms with van der Waals surface area (Å²) in [6.07, 6.45) is 0. The summed E-state index contributed by atoms with van der Waals surface area (Å²) in [6, 6.07) is 46.9. The third kappa shape index (κ3) is 7.13. The summed E-state index contributed by atoms with van der Waals surface area (Å²) >= 11 is -1.54. The first-order valence-electron chi connectivity index (χ1n) is 11.5. The quantitative estimate of drug-likeness (QED) is 0.155. The zero-order valence-electron chi connectivity index (χ0n) is 19.5. The molecule has 0 aromatic heterocycles. The van der Waals surface area contributed by atoms with Gasteiger partial charge in [0.25, 0.3) is 0 Å². The smallest absolute Gasteiger partial charge is 0.0635 e. The van der Waals surface area contributed by atoms with Crippen molar-refractivity contribution >= 4 is 44.5 Å². The summed E-state index contributed by atoms with van der Waals surface area (Å²) in [4.78, 5) is 0. The molecule has 35 heavy (non-hydrogen) atoms. The Morgan fingerprint density at radius 3 is 1.23 bits per heavy atom. The molecule has 0 heterocycles. The van der Waals surface area contributed by atoms with Crippen molar-refractivity contribution in [2.24, 2.45) is 0 Å². The number of benzene rings is 4. The van der Waals surface area contributed by atoms with Crippen LogP contribution in [0.4, 0.5) is 0 Å². The first-order chi connectivity index (χ1) is 17.1. The van der Waals surface area contributed by atoms with E-state index in [0.717, 1.165) is 0 Å². The van der Waals surface area contributed by atoms with Crippen LogP contribution in [0, 0.1) is 0 Å². The Balaban J connectivity index is 0.000000139. The zero-order chi connectivity index (χ0) is 24.5. The van der Waals surface area contributed by atoms with Gasteiger partial charge < -0.3 is 0 Å². The van der Waals surface area contributed by atoms with Gasteiger partial charge >= 0.3 is 45.1 Å². The molecule has 0 spiro atoms. The summed E-state index contributed by atoms with van der Waals surface area (Å²) in [6.45, 7) is 1.88. The van der Waals surface area contributed by atoms with Gasteiger partial charge in [-0.15, -0.1) is 69.1 Å². The van der Waals surface area contributed by atoms with Gasteiger partial charge in [0.05, 0.1) is 0 Å². The van der Waals surface area contributed by atoms with E-state index in [9.17, 15) is 0 Å². The Hall–Kier alpha value is -2.74. The SMILES string of the molecule is C[CH]=[Ti]([Cl])[Cl].c1ccc(-c2cc3ccccc3[cH-]2)cc1.c1ccc(-c2cc3ccccc3[cH-]2)cc1. The first kappa shape index (κ1) is 25.4. The van der Waals surface area contributed by atoms with Gasteiger partial charge in [0.2, 0.25) is 0 Å². The fourth-order valence-electron chi connectivity index (χ4n) is 3.90. The van der Waals surface area contributed by atoms with Crippen LogP contribution >= 0.6 is 18.6 Å². The topological polar surface area (TPSA) is 0 Å². The maximum atomic E-state index is 5.34. The van der Waals surface area contributed by atoms with Gasteiger partial charge in [-0.25, -0.2) is 0 Å². The zero-order valence-corrected chi connectivity index (χ0v) is 22.6. The van der Waals surface area contributed by atoms with Crippen LogP contribution in [-0.2, 0) is 15.3 Å². The van der Waals surface area contributed by atoms with Crippen molar-refractivity contribution in [1.29, 1.82) is 0 Å². The molecule has 6 aromatic carbocycles. The molecule has 0 amide bonds. The van der Waals surface area contributed by atoms with Gasteiger partial charge in [0.15, 0.2) is 0 Å². The Morgan fingerprint density at radius 1 is 0.543 bits per heavy atom. The van der Waals surface area contributed by atoms with Gasteiger partial charge in [-0.05, 0) is 0 Å². The van der Waals surface area contributed by atoms with E-state index < -0.39 is 15.3 Å². The molecule has 0 aliphatic carbocycles. The fraction of sp³-hybridized carbons (Fsp3) is 0.0312. The number of hydrogen-bond acceptors (Lipinski definition) is 0. The van der Waals surface area contributed by atoms with Gasteiger partial charge in [-0.1, -0.05) is 108 Å². The minimum atomic E-state index is -1.54. The number of fused-ring (bicyclic) bond motifs is 2. The molecule has 3 heteroatoms. The number of rotatable bonds is 2. The second-order valence-corrected chi connectivity index (χ2v) is 14.0. The van der Waals surface area contributed by atoms with Crippen LogP contribution in [0.1, 0.15) is 6.92 Å². The van der Waals surface area contributed by atoms with E-state index in [4.69, 9.17) is 18.6 Å². The molecule has 0 aliphatic heterocycles. The second-order valence-electron chi connectivity index (χ2n) is 8.06.